The van der Waals surface area contributed by atoms with Crippen LogP contribution in [0.3, 0.4) is 0 Å². The van der Waals surface area contributed by atoms with E-state index in [4.69, 9.17) is 11.6 Å². The van der Waals surface area contributed by atoms with Crippen molar-refractivity contribution < 1.29 is 32.3 Å². The molecule has 30 heavy (non-hydrogen) atoms. The van der Waals surface area contributed by atoms with E-state index in [2.05, 4.69) is 9.47 Å². The van der Waals surface area contributed by atoms with Crippen molar-refractivity contribution in [3.63, 3.8) is 0 Å². The normalized spacial score (nSPS) is 17.3. The second-order valence-corrected chi connectivity index (χ2v) is 9.38. The molecule has 0 saturated carbocycles. The van der Waals surface area contributed by atoms with Crippen LogP contribution in [-0.4, -0.2) is 75.9 Å². The number of esters is 2. The highest BCUT2D eigenvalue weighted by Gasteiger charge is 2.31. The molecule has 0 aliphatic carbocycles. The number of piperidine rings is 1. The van der Waals surface area contributed by atoms with Gasteiger partial charge in [0.2, 0.25) is 10.0 Å². The number of carbonyl (C=O) groups is 3. The molecule has 9 nitrogen and oxygen atoms in total. The van der Waals surface area contributed by atoms with Crippen molar-refractivity contribution in [2.24, 2.45) is 5.92 Å². The molecule has 1 atom stereocenters. The number of ether oxygens (including phenoxy) is 2. The Morgan fingerprint density at radius 1 is 1.17 bits per heavy atom. The third-order valence-corrected chi connectivity index (χ3v) is 7.14. The van der Waals surface area contributed by atoms with E-state index in [1.165, 1.54) is 22.5 Å². The van der Waals surface area contributed by atoms with Gasteiger partial charge in [-0.05, 0) is 37.0 Å². The molecule has 0 spiro atoms. The van der Waals surface area contributed by atoms with Gasteiger partial charge in [-0.15, -0.1) is 0 Å². The molecule has 1 heterocycles. The zero-order chi connectivity index (χ0) is 22.5. The molecule has 0 aromatic heterocycles. The van der Waals surface area contributed by atoms with Crippen LogP contribution in [0, 0.1) is 5.92 Å². The van der Waals surface area contributed by atoms with Crippen LogP contribution in [0.2, 0.25) is 5.02 Å². The fraction of sp³-hybridized carbons (Fsp3) is 0.526. The van der Waals surface area contributed by atoms with Crippen LogP contribution in [0.4, 0.5) is 0 Å². The van der Waals surface area contributed by atoms with Crippen LogP contribution in [0.5, 0.6) is 0 Å². The molecule has 1 saturated heterocycles. The number of hydrogen-bond acceptors (Lipinski definition) is 7. The van der Waals surface area contributed by atoms with E-state index in [9.17, 15) is 22.8 Å². The predicted octanol–water partition coefficient (Wildman–Crippen LogP) is 1.55. The van der Waals surface area contributed by atoms with Gasteiger partial charge in [0, 0.05) is 18.7 Å². The third-order valence-electron chi connectivity index (χ3n) is 4.80. The van der Waals surface area contributed by atoms with E-state index in [0.29, 0.717) is 13.1 Å². The molecule has 0 bridgehead atoms. The minimum Gasteiger partial charge on any atom is -0.468 e. The Morgan fingerprint density at radius 3 is 2.30 bits per heavy atom. The first-order chi connectivity index (χ1) is 14.1. The number of amides is 1. The summed E-state index contributed by atoms with van der Waals surface area (Å²) in [6.07, 6.45) is 1.68. The Hall–Kier alpha value is -2.17. The fourth-order valence-electron chi connectivity index (χ4n) is 3.16. The lowest BCUT2D eigenvalue weighted by atomic mass is 10.0. The first-order valence-electron chi connectivity index (χ1n) is 9.32. The average Bonchev–Trinajstić information content (AvgIpc) is 2.72. The van der Waals surface area contributed by atoms with Crippen molar-refractivity contribution >= 4 is 39.5 Å². The second kappa shape index (κ2) is 10.2. The Bertz CT molecular complexity index is 901. The maximum absolute atomic E-state index is 13.1. The molecule has 1 aliphatic heterocycles. The molecular weight excluding hydrogens is 436 g/mol. The molecule has 0 radical (unpaired) electrons. The molecule has 1 fully saturated rings. The van der Waals surface area contributed by atoms with Crippen LogP contribution in [0.1, 0.15) is 30.1 Å². The number of benzene rings is 1. The lowest BCUT2D eigenvalue weighted by Crippen LogP contribution is -2.41. The number of carbonyl (C=O) groups excluding carboxylic acids is 3. The molecule has 166 valence electrons. The van der Waals surface area contributed by atoms with E-state index < -0.39 is 41.0 Å². The number of sulfonamides is 1. The van der Waals surface area contributed by atoms with E-state index in [0.717, 1.165) is 32.0 Å². The minimum absolute atomic E-state index is 0.0164. The summed E-state index contributed by atoms with van der Waals surface area (Å²) in [5.41, 5.74) is -0.0316. The van der Waals surface area contributed by atoms with Crippen molar-refractivity contribution in [3.05, 3.63) is 28.8 Å². The number of halogens is 1. The smallest absolute Gasteiger partial charge is 0.325 e. The van der Waals surface area contributed by atoms with Gasteiger partial charge in [-0.3, -0.25) is 14.4 Å². The lowest BCUT2D eigenvalue weighted by Gasteiger charge is -2.30. The molecule has 1 aromatic rings. The van der Waals surface area contributed by atoms with E-state index >= 15 is 0 Å². The summed E-state index contributed by atoms with van der Waals surface area (Å²) in [6, 6.07) is 3.81. The summed E-state index contributed by atoms with van der Waals surface area (Å²) >= 11 is 6.16. The predicted molar refractivity (Wildman–Crippen MR) is 109 cm³/mol. The number of methoxy groups -OCH3 is 2. The third kappa shape index (κ3) is 5.71. The molecule has 1 aliphatic rings. The molecular formula is C19H25ClN2O7S. The van der Waals surface area contributed by atoms with Crippen molar-refractivity contribution in [1.29, 1.82) is 0 Å². The summed E-state index contributed by atoms with van der Waals surface area (Å²) < 4.78 is 36.7. The second-order valence-electron chi connectivity index (χ2n) is 7.07. The zero-order valence-electron chi connectivity index (χ0n) is 17.1. The van der Waals surface area contributed by atoms with Crippen LogP contribution in [-0.2, 0) is 29.1 Å². The Morgan fingerprint density at radius 2 is 1.77 bits per heavy atom. The fourth-order valence-corrected chi connectivity index (χ4v) is 5.26. The van der Waals surface area contributed by atoms with Gasteiger partial charge in [0.05, 0.1) is 19.2 Å². The molecule has 0 N–H and O–H groups in total. The summed E-state index contributed by atoms with van der Waals surface area (Å²) in [6.45, 7) is 1.71. The van der Waals surface area contributed by atoms with Crippen LogP contribution >= 0.6 is 11.6 Å². The molecule has 11 heteroatoms. The number of hydrogen-bond donors (Lipinski definition) is 0. The standard InChI is InChI=1S/C19H25ClN2O7S/c1-13-5-4-8-22(10-13)30(26,27)16-9-14(6-7-15(16)20)19(25)21(11-17(23)28-2)12-18(24)29-3/h6-7,9,13H,4-5,8,10-12H2,1-3H3. The first-order valence-corrected chi connectivity index (χ1v) is 11.1. The molecule has 1 unspecified atom stereocenters. The maximum atomic E-state index is 13.1. The van der Waals surface area contributed by atoms with E-state index in [-0.39, 0.29) is 21.4 Å². The van der Waals surface area contributed by atoms with Gasteiger partial charge < -0.3 is 14.4 Å². The average molecular weight is 461 g/mol. The molecule has 2 rings (SSSR count). The van der Waals surface area contributed by atoms with Crippen molar-refractivity contribution in [2.45, 2.75) is 24.7 Å². The van der Waals surface area contributed by atoms with Crippen LogP contribution in [0.15, 0.2) is 23.1 Å². The quantitative estimate of drug-likeness (QED) is 0.567. The first kappa shape index (κ1) is 24.1. The summed E-state index contributed by atoms with van der Waals surface area (Å²) in [5.74, 6) is -1.99. The molecule has 1 aromatic carbocycles. The van der Waals surface area contributed by atoms with Crippen molar-refractivity contribution in [1.82, 2.24) is 9.21 Å². The Balaban J connectivity index is 2.38. The van der Waals surface area contributed by atoms with E-state index in [1.54, 1.807) is 0 Å². The van der Waals surface area contributed by atoms with Crippen LogP contribution in [0.25, 0.3) is 0 Å². The highest BCUT2D eigenvalue weighted by atomic mass is 35.5. The van der Waals surface area contributed by atoms with Gasteiger partial charge in [-0.25, -0.2) is 8.42 Å². The Labute approximate surface area is 180 Å². The van der Waals surface area contributed by atoms with Gasteiger partial charge in [0.1, 0.15) is 18.0 Å². The highest BCUT2D eigenvalue weighted by molar-refractivity contribution is 7.89. The number of rotatable bonds is 7. The van der Waals surface area contributed by atoms with Gasteiger partial charge in [-0.1, -0.05) is 18.5 Å². The van der Waals surface area contributed by atoms with Gasteiger partial charge in [-0.2, -0.15) is 4.31 Å². The summed E-state index contributed by atoms with van der Waals surface area (Å²) in [7, 11) is -1.62. The highest BCUT2D eigenvalue weighted by Crippen LogP contribution is 2.29. The van der Waals surface area contributed by atoms with Crippen molar-refractivity contribution in [2.75, 3.05) is 40.4 Å². The van der Waals surface area contributed by atoms with E-state index in [1.807, 2.05) is 6.92 Å². The lowest BCUT2D eigenvalue weighted by molar-refractivity contribution is -0.144. The van der Waals surface area contributed by atoms with Crippen molar-refractivity contribution in [3.8, 4) is 0 Å². The van der Waals surface area contributed by atoms with Crippen LogP contribution < -0.4 is 0 Å². The maximum Gasteiger partial charge on any atom is 0.325 e. The largest absolute Gasteiger partial charge is 0.468 e. The zero-order valence-corrected chi connectivity index (χ0v) is 18.7. The summed E-state index contributed by atoms with van der Waals surface area (Å²) in [4.78, 5) is 37.0. The summed E-state index contributed by atoms with van der Waals surface area (Å²) in [5, 5.41) is -0.0164. The van der Waals surface area contributed by atoms with Gasteiger partial charge >= 0.3 is 11.9 Å². The minimum atomic E-state index is -3.92. The topological polar surface area (TPSA) is 110 Å². The van der Waals surface area contributed by atoms with Gasteiger partial charge in [0.25, 0.3) is 5.91 Å². The molecule has 1 amide bonds. The van der Waals surface area contributed by atoms with Gasteiger partial charge in [0.15, 0.2) is 0 Å². The number of nitrogens with zero attached hydrogens (tertiary/aromatic N) is 2. The monoisotopic (exact) mass is 460 g/mol. The SMILES string of the molecule is COC(=O)CN(CC(=O)OC)C(=O)c1ccc(Cl)c(S(=O)(=O)N2CCCC(C)C2)c1. The Kier molecular flexibility index (Phi) is 8.22.